The molecular weight excluding hydrogens is 525 g/mol. The molecule has 13 heteroatoms. The molecule has 4 atom stereocenters. The Morgan fingerprint density at radius 1 is 1.16 bits per heavy atom. The first-order valence-electron chi connectivity index (χ1n) is 12.2. The number of amides is 2. The normalized spacial score (nSPS) is 27.8. The van der Waals surface area contributed by atoms with Gasteiger partial charge in [-0.25, -0.2) is 9.78 Å². The molecule has 1 aromatic heterocycles. The van der Waals surface area contributed by atoms with Crippen LogP contribution in [0, 0.1) is 24.7 Å². The van der Waals surface area contributed by atoms with E-state index in [1.807, 2.05) is 36.7 Å². The van der Waals surface area contributed by atoms with Crippen molar-refractivity contribution in [2.75, 3.05) is 6.54 Å². The predicted octanol–water partition coefficient (Wildman–Crippen LogP) is 2.31. The molecule has 3 fully saturated rings. The Bertz CT molecular complexity index is 1180. The minimum Gasteiger partial charge on any atom is -0.475 e. The van der Waals surface area contributed by atoms with E-state index in [4.69, 9.17) is 15.6 Å². The van der Waals surface area contributed by atoms with Crippen LogP contribution in [0.3, 0.4) is 0 Å². The van der Waals surface area contributed by atoms with Crippen molar-refractivity contribution in [2.45, 2.75) is 57.1 Å². The second kappa shape index (κ2) is 11.0. The number of aliphatic hydroxyl groups excluding tert-OH is 1. The summed E-state index contributed by atoms with van der Waals surface area (Å²) in [7, 11) is 0. The lowest BCUT2D eigenvalue weighted by Crippen LogP contribution is -2.46. The van der Waals surface area contributed by atoms with Crippen molar-refractivity contribution in [2.24, 2.45) is 23.5 Å². The van der Waals surface area contributed by atoms with Gasteiger partial charge in [-0.05, 0) is 42.7 Å². The first kappa shape index (κ1) is 28.0. The van der Waals surface area contributed by atoms with Crippen molar-refractivity contribution in [3.05, 3.63) is 41.0 Å². The highest BCUT2D eigenvalue weighted by atomic mass is 32.1. The molecule has 2 aliphatic carbocycles. The van der Waals surface area contributed by atoms with Gasteiger partial charge in [0.15, 0.2) is 0 Å². The molecule has 3 aliphatic rings. The summed E-state index contributed by atoms with van der Waals surface area (Å²) < 4.78 is 31.7. The van der Waals surface area contributed by atoms with Gasteiger partial charge in [0.05, 0.1) is 22.2 Å². The summed E-state index contributed by atoms with van der Waals surface area (Å²) in [6, 6.07) is 7.66. The minimum atomic E-state index is -5.08. The number of alkyl halides is 3. The van der Waals surface area contributed by atoms with E-state index < -0.39 is 24.3 Å². The van der Waals surface area contributed by atoms with Crippen molar-refractivity contribution < 1.29 is 37.8 Å². The maximum Gasteiger partial charge on any atom is 0.490 e. The fourth-order valence-electron chi connectivity index (χ4n) is 5.41. The van der Waals surface area contributed by atoms with Crippen LogP contribution >= 0.6 is 11.3 Å². The first-order valence-corrected chi connectivity index (χ1v) is 13.1. The number of benzene rings is 1. The number of aliphatic carboxylic acids is 1. The molecule has 38 heavy (non-hydrogen) atoms. The number of thiazole rings is 1. The smallest absolute Gasteiger partial charge is 0.475 e. The van der Waals surface area contributed by atoms with Crippen LogP contribution in [-0.2, 0) is 20.9 Å². The zero-order chi connectivity index (χ0) is 27.8. The van der Waals surface area contributed by atoms with Crippen LogP contribution in [0.25, 0.3) is 10.4 Å². The van der Waals surface area contributed by atoms with Gasteiger partial charge in [-0.3, -0.25) is 9.59 Å². The third kappa shape index (κ3) is 6.16. The Morgan fingerprint density at radius 2 is 1.76 bits per heavy atom. The largest absolute Gasteiger partial charge is 0.490 e. The van der Waals surface area contributed by atoms with E-state index in [-0.39, 0.29) is 30.3 Å². The number of fused-ring (bicyclic) bond motifs is 1. The van der Waals surface area contributed by atoms with E-state index in [9.17, 15) is 27.9 Å². The van der Waals surface area contributed by atoms with Crippen molar-refractivity contribution >= 4 is 29.1 Å². The van der Waals surface area contributed by atoms with Crippen molar-refractivity contribution in [1.29, 1.82) is 0 Å². The summed E-state index contributed by atoms with van der Waals surface area (Å²) in [5.74, 6) is -2.22. The van der Waals surface area contributed by atoms with Gasteiger partial charge in [-0.15, -0.1) is 11.3 Å². The molecule has 2 aromatic rings. The summed E-state index contributed by atoms with van der Waals surface area (Å²) >= 11 is 1.61. The zero-order valence-corrected chi connectivity index (χ0v) is 21.3. The lowest BCUT2D eigenvalue weighted by Gasteiger charge is -2.25. The fourth-order valence-corrected chi connectivity index (χ4v) is 6.22. The summed E-state index contributed by atoms with van der Waals surface area (Å²) in [5.41, 5.74) is 10.9. The van der Waals surface area contributed by atoms with Gasteiger partial charge in [0.2, 0.25) is 11.8 Å². The van der Waals surface area contributed by atoms with Gasteiger partial charge < -0.3 is 26.2 Å². The average molecular weight is 555 g/mol. The minimum absolute atomic E-state index is 0.0110. The molecule has 5 rings (SSSR count). The van der Waals surface area contributed by atoms with E-state index in [0.29, 0.717) is 24.8 Å². The molecule has 2 heterocycles. The SMILES string of the molecule is Cc1ncsc1-c1ccc(CNC(=O)[C@@H]2C[C@@H](O)CN2C(=O)C2C3CC(N)CC32)cc1.O=C(O)C(F)(F)F. The van der Waals surface area contributed by atoms with Gasteiger partial charge in [0, 0.05) is 31.5 Å². The van der Waals surface area contributed by atoms with Crippen LogP contribution in [0.15, 0.2) is 29.8 Å². The fraction of sp³-hybridized carbons (Fsp3) is 0.520. The third-order valence-electron chi connectivity index (χ3n) is 7.30. The van der Waals surface area contributed by atoms with E-state index in [1.165, 1.54) is 0 Å². The number of carboxylic acid groups (broad SMARTS) is 1. The van der Waals surface area contributed by atoms with Crippen LogP contribution in [0.5, 0.6) is 0 Å². The highest BCUT2D eigenvalue weighted by Gasteiger charge is 2.61. The summed E-state index contributed by atoms with van der Waals surface area (Å²) in [4.78, 5) is 41.8. The van der Waals surface area contributed by atoms with Gasteiger partial charge in [-0.1, -0.05) is 24.3 Å². The molecule has 1 aromatic carbocycles. The van der Waals surface area contributed by atoms with Crippen LogP contribution in [-0.4, -0.2) is 68.8 Å². The highest BCUT2D eigenvalue weighted by Crippen LogP contribution is 2.58. The monoisotopic (exact) mass is 554 g/mol. The number of nitrogens with two attached hydrogens (primary N) is 1. The molecule has 1 saturated heterocycles. The molecule has 5 N–H and O–H groups in total. The van der Waals surface area contributed by atoms with E-state index in [0.717, 1.165) is 34.5 Å². The van der Waals surface area contributed by atoms with E-state index >= 15 is 0 Å². The quantitative estimate of drug-likeness (QED) is 0.444. The van der Waals surface area contributed by atoms with Crippen LogP contribution in [0.2, 0.25) is 0 Å². The highest BCUT2D eigenvalue weighted by molar-refractivity contribution is 7.13. The van der Waals surface area contributed by atoms with Crippen LogP contribution in [0.1, 0.15) is 30.5 Å². The number of likely N-dealkylation sites (tertiary alicyclic amines) is 1. The standard InChI is InChI=1S/C23H28N4O3S.C2HF3O2/c1-12-21(31-11-26-12)14-4-2-13(3-5-14)9-25-22(29)19-8-16(28)10-27(19)23(30)20-17-6-15(24)7-18(17)20;3-2(4,5)1(6)7/h2-5,11,15-20,28H,6-10,24H2,1H3,(H,25,29);(H,6,7)/t15?,16-,17?,18?,19+,20?;/m1./s1. The molecular formula is C25H29F3N4O5S. The Hall–Kier alpha value is -3.03. The van der Waals surface area contributed by atoms with Gasteiger partial charge in [0.1, 0.15) is 6.04 Å². The molecule has 9 nitrogen and oxygen atoms in total. The third-order valence-corrected chi connectivity index (χ3v) is 8.28. The van der Waals surface area contributed by atoms with Crippen molar-refractivity contribution in [3.8, 4) is 10.4 Å². The number of carbonyl (C=O) groups is 3. The first-order chi connectivity index (χ1) is 17.9. The second-order valence-corrected chi connectivity index (χ2v) is 10.8. The van der Waals surface area contributed by atoms with Gasteiger partial charge in [-0.2, -0.15) is 13.2 Å². The number of halogens is 3. The van der Waals surface area contributed by atoms with Gasteiger partial charge >= 0.3 is 12.1 Å². The molecule has 2 saturated carbocycles. The number of aliphatic hydroxyl groups is 1. The number of nitrogens with zero attached hydrogens (tertiary/aromatic N) is 2. The number of β-amino-alcohol motifs (C(OH)–C–C–N with tert-alkyl or cyclic N) is 1. The number of carbonyl (C=O) groups excluding carboxylic acids is 2. The number of hydrogen-bond donors (Lipinski definition) is 4. The maximum absolute atomic E-state index is 13.0. The van der Waals surface area contributed by atoms with E-state index in [2.05, 4.69) is 10.3 Å². The Kier molecular flexibility index (Phi) is 8.09. The van der Waals surface area contributed by atoms with Crippen LogP contribution in [0.4, 0.5) is 13.2 Å². The lowest BCUT2D eigenvalue weighted by atomic mass is 10.1. The number of hydrogen-bond acceptors (Lipinski definition) is 7. The Morgan fingerprint density at radius 3 is 2.29 bits per heavy atom. The maximum atomic E-state index is 13.0. The summed E-state index contributed by atoms with van der Waals surface area (Å²) in [5, 5.41) is 20.2. The van der Waals surface area contributed by atoms with Crippen molar-refractivity contribution in [3.63, 3.8) is 0 Å². The van der Waals surface area contributed by atoms with Gasteiger partial charge in [0.25, 0.3) is 0 Å². The molecule has 1 aliphatic heterocycles. The van der Waals surface area contributed by atoms with Crippen molar-refractivity contribution in [1.82, 2.24) is 15.2 Å². The molecule has 206 valence electrons. The molecule has 2 unspecified atom stereocenters. The summed E-state index contributed by atoms with van der Waals surface area (Å²) in [6.45, 7) is 2.62. The zero-order valence-electron chi connectivity index (χ0n) is 20.5. The molecule has 0 spiro atoms. The predicted molar refractivity (Wildman–Crippen MR) is 132 cm³/mol. The molecule has 2 amide bonds. The number of rotatable bonds is 5. The molecule has 0 bridgehead atoms. The number of nitrogens with one attached hydrogen (secondary N) is 1. The Labute approximate surface area is 220 Å². The Balaban J connectivity index is 0.000000426. The summed E-state index contributed by atoms with van der Waals surface area (Å²) in [6.07, 6.45) is -3.65. The number of carboxylic acids is 1. The second-order valence-electron chi connectivity index (χ2n) is 9.97. The van der Waals surface area contributed by atoms with Crippen LogP contribution < -0.4 is 11.1 Å². The topological polar surface area (TPSA) is 146 Å². The van der Waals surface area contributed by atoms with E-state index in [1.54, 1.807) is 16.2 Å². The molecule has 0 radical (unpaired) electrons. The number of aromatic nitrogens is 1. The average Bonchev–Trinajstić information content (AvgIpc) is 3.22. The lowest BCUT2D eigenvalue weighted by molar-refractivity contribution is -0.192. The number of aryl methyl sites for hydroxylation is 1.